The highest BCUT2D eigenvalue weighted by Gasteiger charge is 2.29. The molecule has 6 heteroatoms. The average molecular weight is 192 g/mol. The third-order valence-corrected chi connectivity index (χ3v) is 1.45. The van der Waals surface area contributed by atoms with Gasteiger partial charge in [-0.2, -0.15) is 18.3 Å². The number of halogens is 3. The van der Waals surface area contributed by atoms with Gasteiger partial charge in [-0.1, -0.05) is 0 Å². The van der Waals surface area contributed by atoms with Crippen molar-refractivity contribution in [3.63, 3.8) is 0 Å². The van der Waals surface area contributed by atoms with Gasteiger partial charge in [0.1, 0.15) is 12.2 Å². The molecule has 0 saturated heterocycles. The lowest BCUT2D eigenvalue weighted by molar-refractivity contribution is -0.142. The van der Waals surface area contributed by atoms with Crippen LogP contribution >= 0.6 is 0 Å². The van der Waals surface area contributed by atoms with Crippen LogP contribution in [0.5, 0.6) is 0 Å². The van der Waals surface area contributed by atoms with Gasteiger partial charge in [-0.25, -0.2) is 0 Å². The maximum Gasteiger partial charge on any atom is 0.408 e. The maximum absolute atomic E-state index is 11.9. The first-order chi connectivity index (χ1) is 5.92. The van der Waals surface area contributed by atoms with Crippen molar-refractivity contribution in [2.24, 2.45) is 0 Å². The molecule has 0 unspecified atom stereocenters. The van der Waals surface area contributed by atoms with Crippen LogP contribution in [-0.2, 0) is 6.54 Å². The van der Waals surface area contributed by atoms with E-state index >= 15 is 0 Å². The number of rotatable bonds is 2. The topological polar surface area (TPSA) is 34.9 Å². The quantitative estimate of drug-likeness (QED) is 0.666. The third kappa shape index (κ3) is 2.57. The fourth-order valence-electron chi connectivity index (χ4n) is 0.923. The number of aldehydes is 1. The Morgan fingerprint density at radius 1 is 1.62 bits per heavy atom. The van der Waals surface area contributed by atoms with Crippen molar-refractivity contribution in [1.82, 2.24) is 9.78 Å². The van der Waals surface area contributed by atoms with Crippen molar-refractivity contribution in [1.29, 1.82) is 0 Å². The molecular weight excluding hydrogens is 185 g/mol. The second-order valence-electron chi connectivity index (χ2n) is 2.60. The summed E-state index contributed by atoms with van der Waals surface area (Å²) in [6, 6.07) is 1.30. The van der Waals surface area contributed by atoms with E-state index in [-0.39, 0.29) is 5.69 Å². The summed E-state index contributed by atoms with van der Waals surface area (Å²) in [5.41, 5.74) is 0.334. The van der Waals surface area contributed by atoms with Crippen LogP contribution in [0.4, 0.5) is 13.2 Å². The smallest absolute Gasteiger partial charge is 0.296 e. The van der Waals surface area contributed by atoms with Gasteiger partial charge in [0, 0.05) is 5.69 Å². The van der Waals surface area contributed by atoms with Gasteiger partial charge in [0.05, 0.1) is 0 Å². The number of carbonyl (C=O) groups excluding carboxylic acids is 1. The minimum atomic E-state index is -4.31. The summed E-state index contributed by atoms with van der Waals surface area (Å²) in [5.74, 6) is 0. The van der Waals surface area contributed by atoms with Crippen molar-refractivity contribution in [2.75, 3.05) is 0 Å². The summed E-state index contributed by atoms with van der Waals surface area (Å²) in [4.78, 5) is 10.2. The number of aryl methyl sites for hydroxylation is 1. The summed E-state index contributed by atoms with van der Waals surface area (Å²) >= 11 is 0. The normalized spacial score (nSPS) is 11.7. The molecular formula is C7H7F3N2O. The molecule has 0 aliphatic carbocycles. The number of hydrogen-bond donors (Lipinski definition) is 0. The molecule has 0 amide bonds. The molecule has 0 N–H and O–H groups in total. The molecule has 0 spiro atoms. The second kappa shape index (κ2) is 3.20. The van der Waals surface area contributed by atoms with E-state index in [2.05, 4.69) is 5.10 Å². The molecule has 0 aliphatic heterocycles. The van der Waals surface area contributed by atoms with E-state index in [1.54, 1.807) is 0 Å². The number of aromatic nitrogens is 2. The van der Waals surface area contributed by atoms with Crippen LogP contribution in [-0.4, -0.2) is 22.2 Å². The molecule has 1 rings (SSSR count). The molecule has 0 radical (unpaired) electrons. The largest absolute Gasteiger partial charge is 0.408 e. The molecule has 0 fully saturated rings. The molecule has 0 aromatic carbocycles. The highest BCUT2D eigenvalue weighted by Crippen LogP contribution is 2.18. The molecule has 0 aliphatic rings. The molecule has 3 nitrogen and oxygen atoms in total. The van der Waals surface area contributed by atoms with Crippen molar-refractivity contribution in [2.45, 2.75) is 19.6 Å². The summed E-state index contributed by atoms with van der Waals surface area (Å²) < 4.78 is 36.4. The third-order valence-electron chi connectivity index (χ3n) is 1.45. The second-order valence-corrected chi connectivity index (χ2v) is 2.60. The van der Waals surface area contributed by atoms with Crippen LogP contribution in [0.3, 0.4) is 0 Å². The minimum absolute atomic E-state index is 0.0155. The van der Waals surface area contributed by atoms with Crippen molar-refractivity contribution < 1.29 is 18.0 Å². The molecule has 13 heavy (non-hydrogen) atoms. The Labute approximate surface area is 72.2 Å². The summed E-state index contributed by atoms with van der Waals surface area (Å²) in [6.07, 6.45) is -3.89. The van der Waals surface area contributed by atoms with Gasteiger partial charge in [0.15, 0.2) is 6.29 Å². The predicted octanol–water partition coefficient (Wildman–Crippen LogP) is 1.57. The molecule has 0 atom stereocenters. The fourth-order valence-corrected chi connectivity index (χ4v) is 0.923. The lowest BCUT2D eigenvalue weighted by Gasteiger charge is -2.07. The van der Waals surface area contributed by atoms with Gasteiger partial charge in [0.25, 0.3) is 0 Å². The minimum Gasteiger partial charge on any atom is -0.296 e. The van der Waals surface area contributed by atoms with Crippen LogP contribution in [0.2, 0.25) is 0 Å². The van der Waals surface area contributed by atoms with Gasteiger partial charge in [-0.3, -0.25) is 9.48 Å². The maximum atomic E-state index is 11.9. The summed E-state index contributed by atoms with van der Waals surface area (Å²) in [7, 11) is 0. The summed E-state index contributed by atoms with van der Waals surface area (Å²) in [6.45, 7) is 0.304. The lowest BCUT2D eigenvalue weighted by Crippen LogP contribution is -2.19. The highest BCUT2D eigenvalue weighted by molar-refractivity contribution is 5.71. The number of hydrogen-bond acceptors (Lipinski definition) is 2. The van der Waals surface area contributed by atoms with Crippen molar-refractivity contribution in [3.05, 3.63) is 17.5 Å². The zero-order chi connectivity index (χ0) is 10.1. The van der Waals surface area contributed by atoms with Gasteiger partial charge in [-0.05, 0) is 13.0 Å². The lowest BCUT2D eigenvalue weighted by atomic mass is 10.4. The van der Waals surface area contributed by atoms with E-state index in [1.165, 1.54) is 13.0 Å². The first-order valence-electron chi connectivity index (χ1n) is 3.49. The van der Waals surface area contributed by atoms with Crippen LogP contribution in [0.25, 0.3) is 0 Å². The Balaban J connectivity index is 2.89. The van der Waals surface area contributed by atoms with Crippen LogP contribution < -0.4 is 0 Å². The number of alkyl halides is 3. The first-order valence-corrected chi connectivity index (χ1v) is 3.49. The van der Waals surface area contributed by atoms with E-state index in [1.807, 2.05) is 0 Å². The zero-order valence-electron chi connectivity index (χ0n) is 6.80. The number of carbonyl (C=O) groups is 1. The fraction of sp³-hybridized carbons (Fsp3) is 0.429. The van der Waals surface area contributed by atoms with E-state index in [9.17, 15) is 18.0 Å². The standard InChI is InChI=1S/C7H7F3N2O/c1-5-2-6(3-13)11-12(5)4-7(8,9)10/h2-3H,4H2,1H3. The molecule has 1 aromatic heterocycles. The Morgan fingerprint density at radius 2 is 2.23 bits per heavy atom. The molecule has 1 heterocycles. The predicted molar refractivity (Wildman–Crippen MR) is 38.4 cm³/mol. The SMILES string of the molecule is Cc1cc(C=O)nn1CC(F)(F)F. The Bertz CT molecular complexity index is 316. The Morgan fingerprint density at radius 3 is 2.62 bits per heavy atom. The van der Waals surface area contributed by atoms with Crippen molar-refractivity contribution in [3.8, 4) is 0 Å². The van der Waals surface area contributed by atoms with Crippen LogP contribution in [0.15, 0.2) is 6.07 Å². The Hall–Kier alpha value is -1.33. The first kappa shape index (κ1) is 9.76. The molecule has 1 aromatic rings. The van der Waals surface area contributed by atoms with Gasteiger partial charge in [-0.15, -0.1) is 0 Å². The molecule has 72 valence electrons. The Kier molecular flexibility index (Phi) is 2.40. The van der Waals surface area contributed by atoms with E-state index in [4.69, 9.17) is 0 Å². The average Bonchev–Trinajstić information content (AvgIpc) is 2.29. The van der Waals surface area contributed by atoms with Crippen LogP contribution in [0.1, 0.15) is 16.2 Å². The van der Waals surface area contributed by atoms with E-state index < -0.39 is 12.7 Å². The molecule has 0 saturated carbocycles. The highest BCUT2D eigenvalue weighted by atomic mass is 19.4. The van der Waals surface area contributed by atoms with Gasteiger partial charge in [0.2, 0.25) is 0 Å². The molecule has 0 bridgehead atoms. The zero-order valence-corrected chi connectivity index (χ0v) is 6.80. The van der Waals surface area contributed by atoms with E-state index in [0.29, 0.717) is 12.0 Å². The number of nitrogens with zero attached hydrogens (tertiary/aromatic N) is 2. The van der Waals surface area contributed by atoms with Gasteiger partial charge < -0.3 is 0 Å². The van der Waals surface area contributed by atoms with E-state index in [0.717, 1.165) is 4.68 Å². The van der Waals surface area contributed by atoms with Crippen molar-refractivity contribution >= 4 is 6.29 Å². The monoisotopic (exact) mass is 192 g/mol. The summed E-state index contributed by atoms with van der Waals surface area (Å²) in [5, 5.41) is 3.44. The van der Waals surface area contributed by atoms with Crippen LogP contribution in [0, 0.1) is 6.92 Å². The van der Waals surface area contributed by atoms with Gasteiger partial charge >= 0.3 is 6.18 Å².